The van der Waals surface area contributed by atoms with E-state index in [2.05, 4.69) is 5.32 Å². The van der Waals surface area contributed by atoms with Crippen LogP contribution in [0.5, 0.6) is 5.75 Å². The Morgan fingerprint density at radius 1 is 0.953 bits per heavy atom. The number of anilines is 1. The number of sulfonamides is 1. The van der Waals surface area contributed by atoms with Crippen LogP contribution in [0, 0.1) is 0 Å². The van der Waals surface area contributed by atoms with Crippen molar-refractivity contribution in [1.29, 1.82) is 0 Å². The Labute approximate surface area is 261 Å². The van der Waals surface area contributed by atoms with Crippen molar-refractivity contribution in [3.8, 4) is 5.75 Å². The summed E-state index contributed by atoms with van der Waals surface area (Å²) in [6.07, 6.45) is 1.71. The molecule has 43 heavy (non-hydrogen) atoms. The molecule has 0 saturated heterocycles. The Morgan fingerprint density at radius 3 is 2.23 bits per heavy atom. The number of halogens is 1. The maximum Gasteiger partial charge on any atom is 0.243 e. The van der Waals surface area contributed by atoms with E-state index in [-0.39, 0.29) is 37.7 Å². The average Bonchev–Trinajstić information content (AvgIpc) is 2.92. The lowest BCUT2D eigenvalue weighted by molar-refractivity contribution is -0.142. The molecule has 3 aromatic rings. The summed E-state index contributed by atoms with van der Waals surface area (Å²) in [5, 5.41) is 3.57. The van der Waals surface area contributed by atoms with Crippen LogP contribution in [0.15, 0.2) is 78.9 Å². The van der Waals surface area contributed by atoms with Gasteiger partial charge in [0.1, 0.15) is 11.8 Å². The highest BCUT2D eigenvalue weighted by Crippen LogP contribution is 2.30. The Bertz CT molecular complexity index is 1480. The predicted molar refractivity (Wildman–Crippen MR) is 173 cm³/mol. The Morgan fingerprint density at radius 2 is 1.60 bits per heavy atom. The highest BCUT2D eigenvalue weighted by atomic mass is 35.5. The van der Waals surface area contributed by atoms with Gasteiger partial charge in [-0.3, -0.25) is 13.9 Å². The molecule has 0 heterocycles. The fraction of sp³-hybridized carbons (Fsp3) is 0.394. The zero-order valence-electron chi connectivity index (χ0n) is 25.5. The average molecular weight is 628 g/mol. The third-order valence-corrected chi connectivity index (χ3v) is 8.01. The van der Waals surface area contributed by atoms with Gasteiger partial charge in [0.25, 0.3) is 0 Å². The third kappa shape index (κ3) is 10.6. The summed E-state index contributed by atoms with van der Waals surface area (Å²) in [5.41, 5.74) is 1.60. The van der Waals surface area contributed by atoms with E-state index in [0.717, 1.165) is 17.4 Å². The van der Waals surface area contributed by atoms with Crippen molar-refractivity contribution in [2.24, 2.45) is 0 Å². The number of rotatable bonds is 14. The van der Waals surface area contributed by atoms with Crippen LogP contribution in [-0.2, 0) is 32.6 Å². The first-order chi connectivity index (χ1) is 20.3. The Kier molecular flexibility index (Phi) is 12.0. The first kappa shape index (κ1) is 33.9. The van der Waals surface area contributed by atoms with Crippen LogP contribution in [0.3, 0.4) is 0 Å². The van der Waals surface area contributed by atoms with Crippen molar-refractivity contribution in [3.05, 3.63) is 95.0 Å². The molecule has 0 radical (unpaired) electrons. The van der Waals surface area contributed by atoms with E-state index >= 15 is 0 Å². The molecule has 0 aliphatic heterocycles. The molecular formula is C33H42ClN3O5S. The molecule has 0 aliphatic carbocycles. The number of para-hydroxylation sites is 2. The molecule has 0 bridgehead atoms. The number of carbonyl (C=O) groups is 2. The second-order valence-electron chi connectivity index (χ2n) is 11.4. The van der Waals surface area contributed by atoms with Gasteiger partial charge in [-0.1, -0.05) is 66.2 Å². The fourth-order valence-electron chi connectivity index (χ4n) is 4.76. The molecule has 3 aromatic carbocycles. The largest absolute Gasteiger partial charge is 0.492 e. The molecular weight excluding hydrogens is 586 g/mol. The molecule has 3 rings (SSSR count). The molecule has 0 fully saturated rings. The number of benzene rings is 3. The maximum absolute atomic E-state index is 14.0. The number of hydrogen-bond donors (Lipinski definition) is 1. The van der Waals surface area contributed by atoms with Gasteiger partial charge in [-0.15, -0.1) is 0 Å². The minimum atomic E-state index is -3.67. The number of nitrogens with one attached hydrogen (secondary N) is 1. The minimum absolute atomic E-state index is 0.0253. The minimum Gasteiger partial charge on any atom is -0.492 e. The molecule has 0 saturated carbocycles. The zero-order valence-corrected chi connectivity index (χ0v) is 27.1. The number of hydrogen-bond acceptors (Lipinski definition) is 5. The van der Waals surface area contributed by atoms with Gasteiger partial charge in [0.2, 0.25) is 21.8 Å². The molecule has 0 aromatic heterocycles. The van der Waals surface area contributed by atoms with Crippen LogP contribution < -0.4 is 14.4 Å². The van der Waals surface area contributed by atoms with Gasteiger partial charge in [-0.25, -0.2) is 8.42 Å². The number of amides is 2. The van der Waals surface area contributed by atoms with Gasteiger partial charge in [-0.05, 0) is 69.5 Å². The normalized spacial score (nSPS) is 12.3. The number of ether oxygens (including phenoxy) is 1. The van der Waals surface area contributed by atoms with Crippen molar-refractivity contribution >= 4 is 39.1 Å². The van der Waals surface area contributed by atoms with E-state index in [1.807, 2.05) is 70.2 Å². The van der Waals surface area contributed by atoms with E-state index < -0.39 is 21.6 Å². The SMILES string of the molecule is CCOc1ccccc1N(CCCC(=O)N(Cc1cccc(Cl)c1)C(Cc1ccccc1)C(=O)NC(C)(C)C)S(C)(=O)=O. The summed E-state index contributed by atoms with van der Waals surface area (Å²) in [5.74, 6) is -0.0854. The molecule has 1 atom stereocenters. The molecule has 232 valence electrons. The van der Waals surface area contributed by atoms with E-state index in [1.165, 1.54) is 4.31 Å². The molecule has 1 unspecified atom stereocenters. The summed E-state index contributed by atoms with van der Waals surface area (Å²) >= 11 is 6.27. The van der Waals surface area contributed by atoms with Gasteiger partial charge in [-0.2, -0.15) is 0 Å². The van der Waals surface area contributed by atoms with Gasteiger partial charge in [0, 0.05) is 36.5 Å². The summed E-state index contributed by atoms with van der Waals surface area (Å²) in [6.45, 7) is 8.13. The first-order valence-electron chi connectivity index (χ1n) is 14.4. The van der Waals surface area contributed by atoms with Crippen LogP contribution in [0.1, 0.15) is 51.7 Å². The van der Waals surface area contributed by atoms with Crippen molar-refractivity contribution in [3.63, 3.8) is 0 Å². The first-order valence-corrected chi connectivity index (χ1v) is 16.6. The van der Waals surface area contributed by atoms with Crippen molar-refractivity contribution in [2.75, 3.05) is 23.7 Å². The highest BCUT2D eigenvalue weighted by Gasteiger charge is 2.32. The topological polar surface area (TPSA) is 96.0 Å². The quantitative estimate of drug-likeness (QED) is 0.242. The molecule has 0 aliphatic rings. The third-order valence-electron chi connectivity index (χ3n) is 6.60. The molecule has 2 amide bonds. The standard InChI is InChI=1S/C33H42ClN3O5S/c1-6-42-30-19-11-10-18-28(30)37(43(5,40)41)21-13-20-31(38)36(24-26-16-12-17-27(34)22-26)29(32(39)35-33(2,3)4)23-25-14-8-7-9-15-25/h7-12,14-19,22,29H,6,13,20-21,23-24H2,1-5H3,(H,35,39). The lowest BCUT2D eigenvalue weighted by Crippen LogP contribution is -2.54. The Balaban J connectivity index is 1.92. The molecule has 0 spiro atoms. The fourth-order valence-corrected chi connectivity index (χ4v) is 5.94. The van der Waals surface area contributed by atoms with Gasteiger partial charge >= 0.3 is 0 Å². The second kappa shape index (κ2) is 15.3. The molecule has 10 heteroatoms. The molecule has 8 nitrogen and oxygen atoms in total. The summed E-state index contributed by atoms with van der Waals surface area (Å²) < 4.78 is 32.6. The van der Waals surface area contributed by atoms with Crippen molar-refractivity contribution in [2.45, 2.75) is 65.1 Å². The summed E-state index contributed by atoms with van der Waals surface area (Å²) in [6, 6.07) is 22.9. The van der Waals surface area contributed by atoms with E-state index in [0.29, 0.717) is 29.5 Å². The lowest BCUT2D eigenvalue weighted by atomic mass is 10.00. The van der Waals surface area contributed by atoms with Crippen LogP contribution in [-0.4, -0.2) is 56.1 Å². The molecule has 1 N–H and O–H groups in total. The van der Waals surface area contributed by atoms with Crippen LogP contribution in [0.4, 0.5) is 5.69 Å². The number of carbonyl (C=O) groups excluding carboxylic acids is 2. The van der Waals surface area contributed by atoms with Crippen LogP contribution in [0.2, 0.25) is 5.02 Å². The van der Waals surface area contributed by atoms with Gasteiger partial charge in [0.05, 0.1) is 18.6 Å². The zero-order chi connectivity index (χ0) is 31.6. The second-order valence-corrected chi connectivity index (χ2v) is 13.8. The summed E-state index contributed by atoms with van der Waals surface area (Å²) in [4.78, 5) is 29.3. The van der Waals surface area contributed by atoms with Crippen LogP contribution in [0.25, 0.3) is 0 Å². The Hall–Kier alpha value is -3.56. The monoisotopic (exact) mass is 627 g/mol. The van der Waals surface area contributed by atoms with E-state index in [9.17, 15) is 18.0 Å². The maximum atomic E-state index is 14.0. The van der Waals surface area contributed by atoms with Crippen LogP contribution >= 0.6 is 11.6 Å². The van der Waals surface area contributed by atoms with E-state index in [4.69, 9.17) is 16.3 Å². The summed E-state index contributed by atoms with van der Waals surface area (Å²) in [7, 11) is -3.67. The van der Waals surface area contributed by atoms with Crippen molar-refractivity contribution in [1.82, 2.24) is 10.2 Å². The smallest absolute Gasteiger partial charge is 0.243 e. The van der Waals surface area contributed by atoms with Gasteiger partial charge < -0.3 is 15.0 Å². The predicted octanol–water partition coefficient (Wildman–Crippen LogP) is 5.84. The lowest BCUT2D eigenvalue weighted by Gasteiger charge is -2.34. The van der Waals surface area contributed by atoms with E-state index in [1.54, 1.807) is 41.3 Å². The van der Waals surface area contributed by atoms with Gasteiger partial charge in [0.15, 0.2) is 0 Å². The highest BCUT2D eigenvalue weighted by molar-refractivity contribution is 7.92. The number of nitrogens with zero attached hydrogens (tertiary/aromatic N) is 2. The van der Waals surface area contributed by atoms with Crippen molar-refractivity contribution < 1.29 is 22.7 Å².